The first-order valence-corrected chi connectivity index (χ1v) is 6.44. The Bertz CT molecular complexity index is 286. The summed E-state index contributed by atoms with van der Waals surface area (Å²) in [5.41, 5.74) is 0. The molecule has 2 rings (SSSR count). The largest absolute Gasteiger partial charge is 0.478 e. The van der Waals surface area contributed by atoms with Crippen molar-refractivity contribution in [1.82, 2.24) is 5.32 Å². The van der Waals surface area contributed by atoms with Crippen molar-refractivity contribution in [2.24, 2.45) is 11.8 Å². The van der Waals surface area contributed by atoms with Crippen molar-refractivity contribution in [2.45, 2.75) is 32.1 Å². The van der Waals surface area contributed by atoms with E-state index in [9.17, 15) is 9.59 Å². The van der Waals surface area contributed by atoms with Gasteiger partial charge in [-0.25, -0.2) is 9.59 Å². The fourth-order valence-corrected chi connectivity index (χ4v) is 2.60. The Hall–Kier alpha value is -1.36. The minimum atomic E-state index is -1.26. The van der Waals surface area contributed by atoms with Crippen LogP contribution >= 0.6 is 0 Å². The second-order valence-electron chi connectivity index (χ2n) is 4.83. The third kappa shape index (κ3) is 5.82. The van der Waals surface area contributed by atoms with Crippen molar-refractivity contribution in [3.8, 4) is 0 Å². The van der Waals surface area contributed by atoms with E-state index < -0.39 is 11.9 Å². The first-order valence-electron chi connectivity index (χ1n) is 6.44. The van der Waals surface area contributed by atoms with Gasteiger partial charge in [0.1, 0.15) is 0 Å². The molecule has 5 heteroatoms. The Balaban J connectivity index is 0.000000187. The van der Waals surface area contributed by atoms with Crippen LogP contribution in [0.15, 0.2) is 12.2 Å². The van der Waals surface area contributed by atoms with Crippen LogP contribution in [-0.4, -0.2) is 35.2 Å². The summed E-state index contributed by atoms with van der Waals surface area (Å²) in [6, 6.07) is 0. The maximum atomic E-state index is 9.55. The van der Waals surface area contributed by atoms with Gasteiger partial charge in [0.25, 0.3) is 0 Å². The van der Waals surface area contributed by atoms with E-state index >= 15 is 0 Å². The van der Waals surface area contributed by atoms with Gasteiger partial charge in [-0.05, 0) is 37.8 Å². The van der Waals surface area contributed by atoms with Gasteiger partial charge in [-0.2, -0.15) is 0 Å². The number of hydrogen-bond acceptors (Lipinski definition) is 3. The molecular formula is C13H21NO4. The van der Waals surface area contributed by atoms with Crippen LogP contribution in [0.2, 0.25) is 0 Å². The molecule has 1 unspecified atom stereocenters. The SMILES string of the molecule is C1CCC2CNC[C@@H]2CC1.O=C(O)/C=C/C(=O)O. The lowest BCUT2D eigenvalue weighted by Crippen LogP contribution is -2.09. The molecule has 0 aromatic carbocycles. The standard InChI is InChI=1S/C9H17N.C4H4O4/c1-2-4-8-6-10-7-9(8)5-3-1;5-3(6)1-2-4(7)8/h8-10H,1-7H2;1-2H,(H,5,6)(H,7,8)/b;2-1+/t8-,9?;/m0./s1. The molecule has 0 aromatic rings. The summed E-state index contributed by atoms with van der Waals surface area (Å²) in [7, 11) is 0. The third-order valence-corrected chi connectivity index (χ3v) is 3.50. The molecule has 5 nitrogen and oxygen atoms in total. The Kier molecular flexibility index (Phi) is 6.43. The number of hydrogen-bond donors (Lipinski definition) is 3. The van der Waals surface area contributed by atoms with E-state index in [0.29, 0.717) is 12.2 Å². The average Bonchev–Trinajstić information content (AvgIpc) is 2.64. The smallest absolute Gasteiger partial charge is 0.328 e. The van der Waals surface area contributed by atoms with E-state index in [0.717, 1.165) is 11.8 Å². The summed E-state index contributed by atoms with van der Waals surface area (Å²) < 4.78 is 0. The van der Waals surface area contributed by atoms with Crippen LogP contribution < -0.4 is 5.32 Å². The second-order valence-corrected chi connectivity index (χ2v) is 4.83. The Morgan fingerprint density at radius 3 is 1.72 bits per heavy atom. The van der Waals surface area contributed by atoms with Crippen molar-refractivity contribution in [3.63, 3.8) is 0 Å². The molecule has 0 aromatic heterocycles. The van der Waals surface area contributed by atoms with Gasteiger partial charge < -0.3 is 15.5 Å². The van der Waals surface area contributed by atoms with Crippen LogP contribution in [0.1, 0.15) is 32.1 Å². The molecule has 2 atom stereocenters. The number of nitrogens with one attached hydrogen (secondary N) is 1. The van der Waals surface area contributed by atoms with Gasteiger partial charge in [0, 0.05) is 12.2 Å². The van der Waals surface area contributed by atoms with Crippen LogP contribution in [0.5, 0.6) is 0 Å². The van der Waals surface area contributed by atoms with E-state index in [-0.39, 0.29) is 0 Å². The highest BCUT2D eigenvalue weighted by Crippen LogP contribution is 2.30. The molecule has 102 valence electrons. The quantitative estimate of drug-likeness (QED) is 0.651. The Labute approximate surface area is 107 Å². The van der Waals surface area contributed by atoms with Gasteiger partial charge in [-0.1, -0.05) is 19.3 Å². The Morgan fingerprint density at radius 1 is 0.889 bits per heavy atom. The number of carbonyl (C=O) groups is 2. The minimum absolute atomic E-state index is 0.558. The summed E-state index contributed by atoms with van der Waals surface area (Å²) in [4.78, 5) is 19.1. The highest BCUT2D eigenvalue weighted by atomic mass is 16.4. The van der Waals surface area contributed by atoms with Crippen molar-refractivity contribution >= 4 is 11.9 Å². The van der Waals surface area contributed by atoms with E-state index in [4.69, 9.17) is 10.2 Å². The molecule has 1 saturated heterocycles. The van der Waals surface area contributed by atoms with Gasteiger partial charge in [0.15, 0.2) is 0 Å². The van der Waals surface area contributed by atoms with Crippen LogP contribution in [0.3, 0.4) is 0 Å². The van der Waals surface area contributed by atoms with Crippen molar-refractivity contribution < 1.29 is 19.8 Å². The van der Waals surface area contributed by atoms with E-state index in [2.05, 4.69) is 5.32 Å². The minimum Gasteiger partial charge on any atom is -0.478 e. The van der Waals surface area contributed by atoms with Crippen molar-refractivity contribution in [1.29, 1.82) is 0 Å². The number of rotatable bonds is 2. The van der Waals surface area contributed by atoms with Gasteiger partial charge in [-0.15, -0.1) is 0 Å². The van der Waals surface area contributed by atoms with Crippen LogP contribution in [0.4, 0.5) is 0 Å². The normalized spacial score (nSPS) is 26.9. The number of carboxylic acid groups (broad SMARTS) is 2. The lowest BCUT2D eigenvalue weighted by Gasteiger charge is -2.12. The monoisotopic (exact) mass is 255 g/mol. The molecule has 0 spiro atoms. The fraction of sp³-hybridized carbons (Fsp3) is 0.692. The Morgan fingerprint density at radius 2 is 1.33 bits per heavy atom. The first kappa shape index (κ1) is 14.7. The van der Waals surface area contributed by atoms with Crippen LogP contribution in [0, 0.1) is 11.8 Å². The zero-order valence-corrected chi connectivity index (χ0v) is 10.5. The van der Waals surface area contributed by atoms with Gasteiger partial charge in [0.05, 0.1) is 0 Å². The zero-order chi connectivity index (χ0) is 13.4. The molecule has 1 aliphatic heterocycles. The predicted molar refractivity (Wildman–Crippen MR) is 67.3 cm³/mol. The van der Waals surface area contributed by atoms with Gasteiger partial charge in [0.2, 0.25) is 0 Å². The maximum absolute atomic E-state index is 9.55. The molecule has 0 radical (unpaired) electrons. The van der Waals surface area contributed by atoms with Crippen molar-refractivity contribution in [2.75, 3.05) is 13.1 Å². The molecule has 0 amide bonds. The topological polar surface area (TPSA) is 86.6 Å². The summed E-state index contributed by atoms with van der Waals surface area (Å²) in [6.45, 7) is 2.62. The molecule has 18 heavy (non-hydrogen) atoms. The summed E-state index contributed by atoms with van der Waals surface area (Å²) in [6.07, 6.45) is 8.58. The molecular weight excluding hydrogens is 234 g/mol. The number of aliphatic carboxylic acids is 2. The number of carboxylic acids is 2. The van der Waals surface area contributed by atoms with Crippen molar-refractivity contribution in [3.05, 3.63) is 12.2 Å². The molecule has 1 aliphatic carbocycles. The third-order valence-electron chi connectivity index (χ3n) is 3.50. The molecule has 3 N–H and O–H groups in total. The summed E-state index contributed by atoms with van der Waals surface area (Å²) in [5, 5.41) is 19.1. The maximum Gasteiger partial charge on any atom is 0.328 e. The summed E-state index contributed by atoms with van der Waals surface area (Å²) >= 11 is 0. The van der Waals surface area contributed by atoms with E-state index in [1.165, 1.54) is 45.2 Å². The van der Waals surface area contributed by atoms with Crippen LogP contribution in [0.25, 0.3) is 0 Å². The highest BCUT2D eigenvalue weighted by molar-refractivity contribution is 5.89. The van der Waals surface area contributed by atoms with E-state index in [1.54, 1.807) is 0 Å². The number of fused-ring (bicyclic) bond motifs is 1. The molecule has 1 saturated carbocycles. The fourth-order valence-electron chi connectivity index (χ4n) is 2.60. The lowest BCUT2D eigenvalue weighted by molar-refractivity contribution is -0.134. The van der Waals surface area contributed by atoms with Gasteiger partial charge >= 0.3 is 11.9 Å². The molecule has 0 bridgehead atoms. The van der Waals surface area contributed by atoms with E-state index in [1.807, 2.05) is 0 Å². The van der Waals surface area contributed by atoms with Gasteiger partial charge in [-0.3, -0.25) is 0 Å². The highest BCUT2D eigenvalue weighted by Gasteiger charge is 2.27. The molecule has 2 fully saturated rings. The molecule has 2 aliphatic rings. The second kappa shape index (κ2) is 7.87. The van der Waals surface area contributed by atoms with Crippen LogP contribution in [-0.2, 0) is 9.59 Å². The molecule has 1 heterocycles. The first-order chi connectivity index (χ1) is 8.59. The summed E-state index contributed by atoms with van der Waals surface area (Å²) in [5.74, 6) is -0.426. The zero-order valence-electron chi connectivity index (χ0n) is 10.5. The average molecular weight is 255 g/mol. The predicted octanol–water partition coefficient (Wildman–Crippen LogP) is 1.50. The lowest BCUT2D eigenvalue weighted by atomic mass is 9.92.